The van der Waals surface area contributed by atoms with Gasteiger partial charge in [-0.1, -0.05) is 77.3 Å². The molecule has 0 amide bonds. The maximum atomic E-state index is 2.69. The van der Waals surface area contributed by atoms with Gasteiger partial charge in [-0.25, -0.2) is 0 Å². The van der Waals surface area contributed by atoms with E-state index in [0.29, 0.717) is 11.0 Å². The van der Waals surface area contributed by atoms with Gasteiger partial charge in [-0.2, -0.15) is 0 Å². The highest BCUT2D eigenvalue weighted by Gasteiger charge is 2.40. The van der Waals surface area contributed by atoms with E-state index < -0.39 is 0 Å². The minimum absolute atomic E-state index is 0.318. The van der Waals surface area contributed by atoms with E-state index in [0.717, 1.165) is 5.92 Å². The maximum absolute atomic E-state index is 2.69. The van der Waals surface area contributed by atoms with E-state index in [1.165, 1.54) is 49.9 Å². The molecule has 1 aromatic carbocycles. The molecule has 0 spiro atoms. The molecule has 24 heavy (non-hydrogen) atoms. The number of rotatable bonds is 7. The van der Waals surface area contributed by atoms with Gasteiger partial charge in [0.25, 0.3) is 0 Å². The molecule has 0 unspecified atom stereocenters. The van der Waals surface area contributed by atoms with Gasteiger partial charge in [0.05, 0.1) is 0 Å². The molecule has 0 N–H and O–H groups in total. The van der Waals surface area contributed by atoms with Crippen LogP contribution < -0.4 is 0 Å². The summed E-state index contributed by atoms with van der Waals surface area (Å²) in [7, 11) is 0. The molecule has 1 heteroatoms. The second-order valence-electron chi connectivity index (χ2n) is 8.77. The second kappa shape index (κ2) is 9.04. The molecule has 138 valence electrons. The molecule has 1 aliphatic heterocycles. The van der Waals surface area contributed by atoms with Gasteiger partial charge in [-0.05, 0) is 44.6 Å². The van der Waals surface area contributed by atoms with Crippen LogP contribution >= 0.6 is 0 Å². The predicted molar refractivity (Wildman–Crippen MR) is 109 cm³/mol. The lowest BCUT2D eigenvalue weighted by Crippen LogP contribution is -2.57. The fourth-order valence-electron chi connectivity index (χ4n) is 4.05. The molecule has 0 bridgehead atoms. The van der Waals surface area contributed by atoms with E-state index in [1.807, 2.05) is 13.8 Å². The molecular weight excluding hydrogens is 290 g/mol. The molecule has 1 nitrogen and oxygen atoms in total. The normalized spacial score (nSPS) is 16.3. The van der Waals surface area contributed by atoms with Crippen molar-refractivity contribution in [2.45, 2.75) is 92.5 Å². The van der Waals surface area contributed by atoms with Gasteiger partial charge < -0.3 is 0 Å². The van der Waals surface area contributed by atoms with Crippen LogP contribution in [0, 0.1) is 12.3 Å². The lowest BCUT2D eigenvalue weighted by atomic mass is 9.74. The molecule has 2 rings (SSSR count). The van der Waals surface area contributed by atoms with Crippen molar-refractivity contribution in [2.24, 2.45) is 5.41 Å². The Kier molecular flexibility index (Phi) is 7.99. The Hall–Kier alpha value is -0.820. The number of nitrogens with zero attached hydrogens (tertiary/aromatic N) is 1. The third-order valence-electron chi connectivity index (χ3n) is 5.40. The van der Waals surface area contributed by atoms with Crippen molar-refractivity contribution in [3.63, 3.8) is 0 Å². The van der Waals surface area contributed by atoms with E-state index in [-0.39, 0.29) is 0 Å². The van der Waals surface area contributed by atoms with Gasteiger partial charge in [-0.3, -0.25) is 4.90 Å². The number of hydrogen-bond acceptors (Lipinski definition) is 1. The summed E-state index contributed by atoms with van der Waals surface area (Å²) in [5, 5.41) is 0. The Morgan fingerprint density at radius 2 is 1.54 bits per heavy atom. The Morgan fingerprint density at radius 1 is 1.00 bits per heavy atom. The van der Waals surface area contributed by atoms with Crippen LogP contribution in [0.3, 0.4) is 0 Å². The second-order valence-corrected chi connectivity index (χ2v) is 8.77. The highest BCUT2D eigenvalue weighted by atomic mass is 15.2. The van der Waals surface area contributed by atoms with E-state index in [4.69, 9.17) is 0 Å². The molecule has 0 aliphatic carbocycles. The Morgan fingerprint density at radius 3 is 2.04 bits per heavy atom. The van der Waals surface area contributed by atoms with Crippen molar-refractivity contribution < 1.29 is 0 Å². The first-order chi connectivity index (χ1) is 11.2. The summed E-state index contributed by atoms with van der Waals surface area (Å²) in [5.74, 6) is 0.735. The van der Waals surface area contributed by atoms with Crippen LogP contribution in [0.2, 0.25) is 0 Å². The standard InChI is InChI=1S/C21H35N.C2H6/c1-7-8-13-20(3,4)16-21(5,6)22-14-19(15-22)18-11-9-17(2)10-12-18;1-2/h9-12,19H,7-8,13-16H2,1-6H3;1-2H3. The first kappa shape index (κ1) is 21.2. The van der Waals surface area contributed by atoms with Crippen LogP contribution in [0.5, 0.6) is 0 Å². The summed E-state index contributed by atoms with van der Waals surface area (Å²) < 4.78 is 0. The summed E-state index contributed by atoms with van der Waals surface area (Å²) in [6.45, 7) is 20.7. The summed E-state index contributed by atoms with van der Waals surface area (Å²) in [6.07, 6.45) is 5.31. The Bertz CT molecular complexity index is 463. The topological polar surface area (TPSA) is 3.24 Å². The van der Waals surface area contributed by atoms with E-state index in [9.17, 15) is 0 Å². The highest BCUT2D eigenvalue weighted by molar-refractivity contribution is 5.27. The molecule has 1 aliphatic rings. The summed E-state index contributed by atoms with van der Waals surface area (Å²) >= 11 is 0. The first-order valence-electron chi connectivity index (χ1n) is 10.1. The van der Waals surface area contributed by atoms with Crippen molar-refractivity contribution in [1.82, 2.24) is 4.90 Å². The summed E-state index contributed by atoms with van der Waals surface area (Å²) in [6, 6.07) is 9.12. The van der Waals surface area contributed by atoms with Crippen molar-refractivity contribution in [2.75, 3.05) is 13.1 Å². The zero-order valence-electron chi connectivity index (χ0n) is 17.6. The van der Waals surface area contributed by atoms with Crippen LogP contribution in [0.15, 0.2) is 24.3 Å². The molecule has 1 heterocycles. The van der Waals surface area contributed by atoms with Gasteiger partial charge in [0.2, 0.25) is 0 Å². The van der Waals surface area contributed by atoms with Gasteiger partial charge in [0, 0.05) is 24.5 Å². The molecule has 1 saturated heterocycles. The van der Waals surface area contributed by atoms with Gasteiger partial charge in [-0.15, -0.1) is 0 Å². The predicted octanol–water partition coefficient (Wildman–Crippen LogP) is 6.81. The maximum Gasteiger partial charge on any atom is 0.0158 e. The van der Waals surface area contributed by atoms with E-state index in [2.05, 4.69) is 70.7 Å². The number of aryl methyl sites for hydroxylation is 1. The Labute approximate surface area is 151 Å². The number of hydrogen-bond donors (Lipinski definition) is 0. The highest BCUT2D eigenvalue weighted by Crippen LogP contribution is 2.40. The fourth-order valence-corrected chi connectivity index (χ4v) is 4.05. The SMILES string of the molecule is CC.CCCCC(C)(C)CC(C)(C)N1CC(c2ccc(C)cc2)C1. The lowest BCUT2D eigenvalue weighted by molar-refractivity contribution is 0.00406. The molecule has 1 fully saturated rings. The molecule has 1 aromatic rings. The fraction of sp³-hybridized carbons (Fsp3) is 0.739. The molecule has 0 atom stereocenters. The number of likely N-dealkylation sites (tertiary alicyclic amines) is 1. The van der Waals surface area contributed by atoms with Crippen LogP contribution in [-0.4, -0.2) is 23.5 Å². The van der Waals surface area contributed by atoms with Gasteiger partial charge in [0.1, 0.15) is 0 Å². The van der Waals surface area contributed by atoms with Crippen molar-refractivity contribution in [1.29, 1.82) is 0 Å². The van der Waals surface area contributed by atoms with Crippen LogP contribution in [-0.2, 0) is 0 Å². The third-order valence-corrected chi connectivity index (χ3v) is 5.40. The molecular formula is C23H41N. The zero-order chi connectivity index (χ0) is 18.4. The largest absolute Gasteiger partial charge is 0.297 e. The molecule has 0 radical (unpaired) electrons. The quantitative estimate of drug-likeness (QED) is 0.530. The van der Waals surface area contributed by atoms with Crippen molar-refractivity contribution in [3.8, 4) is 0 Å². The molecule has 0 saturated carbocycles. The summed E-state index contributed by atoms with van der Waals surface area (Å²) in [4.78, 5) is 2.69. The number of unbranched alkanes of at least 4 members (excludes halogenated alkanes) is 1. The number of benzene rings is 1. The van der Waals surface area contributed by atoms with Crippen molar-refractivity contribution in [3.05, 3.63) is 35.4 Å². The van der Waals surface area contributed by atoms with Crippen molar-refractivity contribution >= 4 is 0 Å². The van der Waals surface area contributed by atoms with Crippen LogP contribution in [0.1, 0.15) is 91.2 Å². The Balaban J connectivity index is 0.00000139. The average molecular weight is 332 g/mol. The molecule has 0 aromatic heterocycles. The smallest absolute Gasteiger partial charge is 0.0158 e. The summed E-state index contributed by atoms with van der Waals surface area (Å²) in [5.41, 5.74) is 3.65. The van der Waals surface area contributed by atoms with E-state index in [1.54, 1.807) is 0 Å². The minimum Gasteiger partial charge on any atom is -0.297 e. The van der Waals surface area contributed by atoms with Gasteiger partial charge >= 0.3 is 0 Å². The first-order valence-corrected chi connectivity index (χ1v) is 10.1. The van der Waals surface area contributed by atoms with Crippen LogP contribution in [0.4, 0.5) is 0 Å². The average Bonchev–Trinajstić information content (AvgIpc) is 2.46. The minimum atomic E-state index is 0.318. The lowest BCUT2D eigenvalue weighted by Gasteiger charge is -2.52. The zero-order valence-corrected chi connectivity index (χ0v) is 17.6. The van der Waals surface area contributed by atoms with E-state index >= 15 is 0 Å². The monoisotopic (exact) mass is 331 g/mol. The van der Waals surface area contributed by atoms with Crippen LogP contribution in [0.25, 0.3) is 0 Å². The van der Waals surface area contributed by atoms with Gasteiger partial charge in [0.15, 0.2) is 0 Å². The third kappa shape index (κ3) is 5.92.